The summed E-state index contributed by atoms with van der Waals surface area (Å²) < 4.78 is 1.78. The van der Waals surface area contributed by atoms with Gasteiger partial charge in [-0.15, -0.1) is 0 Å². The number of pyridine rings is 2. The lowest BCUT2D eigenvalue weighted by Crippen LogP contribution is -2.49. The number of aryl methyl sites for hydroxylation is 1. The van der Waals surface area contributed by atoms with Crippen LogP contribution in [-0.2, 0) is 13.0 Å². The second-order valence-electron chi connectivity index (χ2n) is 10.1. The molecule has 0 atom stereocenters. The van der Waals surface area contributed by atoms with Gasteiger partial charge in [-0.2, -0.15) is 10.4 Å². The van der Waals surface area contributed by atoms with E-state index in [0.717, 1.165) is 67.3 Å². The summed E-state index contributed by atoms with van der Waals surface area (Å²) in [6, 6.07) is 17.6. The van der Waals surface area contributed by atoms with Crippen LogP contribution in [0.5, 0.6) is 0 Å². The Morgan fingerprint density at radius 3 is 2.42 bits per heavy atom. The molecular formula is C30H30N8. The van der Waals surface area contributed by atoms with Crippen molar-refractivity contribution in [2.75, 3.05) is 49.1 Å². The van der Waals surface area contributed by atoms with E-state index in [0.29, 0.717) is 18.7 Å². The smallest absolute Gasteiger partial charge is 0.257 e. The number of hydrogen-bond donors (Lipinski definition) is 0. The van der Waals surface area contributed by atoms with Gasteiger partial charge in [0.1, 0.15) is 11.9 Å². The quantitative estimate of drug-likeness (QED) is 0.367. The van der Waals surface area contributed by atoms with Gasteiger partial charge in [0.2, 0.25) is 0 Å². The van der Waals surface area contributed by atoms with Crippen LogP contribution in [0.2, 0.25) is 0 Å². The number of aromatic nitrogens is 3. The van der Waals surface area contributed by atoms with Crippen molar-refractivity contribution in [3.8, 4) is 17.2 Å². The van der Waals surface area contributed by atoms with Crippen molar-refractivity contribution in [1.82, 2.24) is 19.5 Å². The molecule has 0 amide bonds. The SMILES string of the molecule is [C-]#[N+]C1CN(c2cc(-c3ccc(N4CCN(Cc5ccc(CC)cc5)CC4)nc3)c3c(C#N)cnn3c2)C1. The Labute approximate surface area is 223 Å². The number of hydrogen-bond acceptors (Lipinski definition) is 6. The first-order chi connectivity index (χ1) is 18.6. The molecule has 0 aliphatic carbocycles. The minimum Gasteiger partial charge on any atom is -0.354 e. The standard InChI is InChI=1S/C30H30N8/c1-3-22-4-6-23(7-5-22)18-35-10-12-36(13-11-35)29-9-8-24(16-33-29)28-14-27(37-19-26(20-37)32-2)21-38-30(28)25(15-31)17-34-38/h4-9,14,16-17,21,26H,3,10-13,18-20H2,1H3. The molecule has 2 aliphatic rings. The van der Waals surface area contributed by atoms with Crippen LogP contribution in [0.3, 0.4) is 0 Å². The second-order valence-corrected chi connectivity index (χ2v) is 10.1. The van der Waals surface area contributed by atoms with Gasteiger partial charge < -0.3 is 14.6 Å². The highest BCUT2D eigenvalue weighted by molar-refractivity contribution is 5.86. The molecule has 0 bridgehead atoms. The monoisotopic (exact) mass is 502 g/mol. The van der Waals surface area contributed by atoms with Crippen molar-refractivity contribution in [2.45, 2.75) is 25.9 Å². The van der Waals surface area contributed by atoms with Crippen LogP contribution in [0.15, 0.2) is 61.1 Å². The molecule has 2 saturated heterocycles. The summed E-state index contributed by atoms with van der Waals surface area (Å²) in [5.74, 6) is 0.976. The van der Waals surface area contributed by atoms with Crippen LogP contribution >= 0.6 is 0 Å². The van der Waals surface area contributed by atoms with Crippen molar-refractivity contribution in [2.24, 2.45) is 0 Å². The maximum absolute atomic E-state index is 9.68. The highest BCUT2D eigenvalue weighted by Crippen LogP contribution is 2.33. The van der Waals surface area contributed by atoms with Crippen LogP contribution in [0.1, 0.15) is 23.6 Å². The Kier molecular flexibility index (Phi) is 6.41. The first kappa shape index (κ1) is 24.0. The maximum Gasteiger partial charge on any atom is 0.257 e. The lowest BCUT2D eigenvalue weighted by Gasteiger charge is -2.35. The topological polar surface area (TPSA) is 68.1 Å². The lowest BCUT2D eigenvalue weighted by atomic mass is 10.0. The minimum absolute atomic E-state index is 0.0458. The summed E-state index contributed by atoms with van der Waals surface area (Å²) in [6.07, 6.45) is 6.53. The summed E-state index contributed by atoms with van der Waals surface area (Å²) in [7, 11) is 0. The molecule has 0 radical (unpaired) electrons. The highest BCUT2D eigenvalue weighted by atomic mass is 15.3. The molecule has 8 nitrogen and oxygen atoms in total. The fraction of sp³-hybridized carbons (Fsp3) is 0.333. The molecule has 0 N–H and O–H groups in total. The van der Waals surface area contributed by atoms with Crippen molar-refractivity contribution in [3.63, 3.8) is 0 Å². The largest absolute Gasteiger partial charge is 0.354 e. The maximum atomic E-state index is 9.68. The predicted octanol–water partition coefficient (Wildman–Crippen LogP) is 4.26. The van der Waals surface area contributed by atoms with Gasteiger partial charge in [0.15, 0.2) is 0 Å². The summed E-state index contributed by atoms with van der Waals surface area (Å²) >= 11 is 0. The van der Waals surface area contributed by atoms with Crippen molar-refractivity contribution in [1.29, 1.82) is 5.26 Å². The third-order valence-electron chi connectivity index (χ3n) is 7.72. The molecule has 8 heteroatoms. The first-order valence-corrected chi connectivity index (χ1v) is 13.2. The van der Waals surface area contributed by atoms with Gasteiger partial charge in [0.05, 0.1) is 42.3 Å². The highest BCUT2D eigenvalue weighted by Gasteiger charge is 2.32. The van der Waals surface area contributed by atoms with Crippen LogP contribution in [0.25, 0.3) is 21.5 Å². The van der Waals surface area contributed by atoms with E-state index in [2.05, 4.69) is 80.1 Å². The molecule has 38 heavy (non-hydrogen) atoms. The minimum atomic E-state index is 0.0458. The fourth-order valence-corrected chi connectivity index (χ4v) is 5.34. The molecule has 0 spiro atoms. The van der Waals surface area contributed by atoms with Crippen molar-refractivity contribution < 1.29 is 0 Å². The third kappa shape index (κ3) is 4.55. The zero-order chi connectivity index (χ0) is 26.1. The Hall–Kier alpha value is -4.40. The Balaban J connectivity index is 1.18. The van der Waals surface area contributed by atoms with Gasteiger partial charge in [-0.3, -0.25) is 4.90 Å². The van der Waals surface area contributed by atoms with Gasteiger partial charge >= 0.3 is 0 Å². The molecular weight excluding hydrogens is 472 g/mol. The average molecular weight is 503 g/mol. The molecule has 2 fully saturated rings. The number of piperazine rings is 1. The normalized spacial score (nSPS) is 16.3. The molecule has 5 heterocycles. The summed E-state index contributed by atoms with van der Waals surface area (Å²) in [5, 5.41) is 14.1. The van der Waals surface area contributed by atoms with Gasteiger partial charge in [-0.1, -0.05) is 31.2 Å². The van der Waals surface area contributed by atoms with E-state index in [1.54, 1.807) is 10.7 Å². The fourth-order valence-electron chi connectivity index (χ4n) is 5.34. The molecule has 3 aromatic heterocycles. The summed E-state index contributed by atoms with van der Waals surface area (Å²) in [4.78, 5) is 15.5. The van der Waals surface area contributed by atoms with E-state index < -0.39 is 0 Å². The van der Waals surface area contributed by atoms with E-state index in [1.165, 1.54) is 11.1 Å². The zero-order valence-corrected chi connectivity index (χ0v) is 21.6. The lowest BCUT2D eigenvalue weighted by molar-refractivity contribution is 0.249. The zero-order valence-electron chi connectivity index (χ0n) is 21.6. The first-order valence-electron chi connectivity index (χ1n) is 13.2. The van der Waals surface area contributed by atoms with Crippen molar-refractivity contribution in [3.05, 3.63) is 89.2 Å². The van der Waals surface area contributed by atoms with E-state index in [1.807, 2.05) is 12.4 Å². The van der Waals surface area contributed by atoms with Gasteiger partial charge in [0, 0.05) is 50.0 Å². The van der Waals surface area contributed by atoms with Crippen LogP contribution in [0, 0.1) is 17.9 Å². The number of anilines is 2. The molecule has 0 saturated carbocycles. The number of fused-ring (bicyclic) bond motifs is 1. The number of benzene rings is 1. The molecule has 6 rings (SSSR count). The second kappa shape index (κ2) is 10.2. The van der Waals surface area contributed by atoms with E-state index in [4.69, 9.17) is 11.6 Å². The van der Waals surface area contributed by atoms with E-state index >= 15 is 0 Å². The Morgan fingerprint density at radius 2 is 1.76 bits per heavy atom. The summed E-state index contributed by atoms with van der Waals surface area (Å²) in [6.45, 7) is 15.8. The predicted molar refractivity (Wildman–Crippen MR) is 149 cm³/mol. The average Bonchev–Trinajstić information content (AvgIpc) is 3.36. The summed E-state index contributed by atoms with van der Waals surface area (Å²) in [5.41, 5.74) is 6.96. The third-order valence-corrected chi connectivity index (χ3v) is 7.72. The van der Waals surface area contributed by atoms with E-state index in [9.17, 15) is 5.26 Å². The van der Waals surface area contributed by atoms with Gasteiger partial charge in [-0.25, -0.2) is 16.1 Å². The van der Waals surface area contributed by atoms with Crippen molar-refractivity contribution >= 4 is 17.0 Å². The van der Waals surface area contributed by atoms with Gasteiger partial charge in [-0.05, 0) is 35.7 Å². The number of nitrogens with zero attached hydrogens (tertiary/aromatic N) is 8. The van der Waals surface area contributed by atoms with Gasteiger partial charge in [0.25, 0.3) is 6.04 Å². The number of nitriles is 1. The number of rotatable bonds is 6. The molecule has 2 aliphatic heterocycles. The molecule has 190 valence electrons. The van der Waals surface area contributed by atoms with Crippen LogP contribution < -0.4 is 9.80 Å². The molecule has 1 aromatic carbocycles. The van der Waals surface area contributed by atoms with Crippen LogP contribution in [-0.4, -0.2) is 64.8 Å². The van der Waals surface area contributed by atoms with Crippen LogP contribution in [0.4, 0.5) is 11.5 Å². The Morgan fingerprint density at radius 1 is 1.00 bits per heavy atom. The Bertz CT molecular complexity index is 1510. The van der Waals surface area contributed by atoms with E-state index in [-0.39, 0.29) is 6.04 Å². The molecule has 0 unspecified atom stereocenters. The molecule has 4 aromatic rings.